The summed E-state index contributed by atoms with van der Waals surface area (Å²) in [6.45, 7) is 3.06. The molecule has 2 amide bonds. The van der Waals surface area contributed by atoms with E-state index in [9.17, 15) is 22.8 Å². The van der Waals surface area contributed by atoms with Crippen molar-refractivity contribution in [2.24, 2.45) is 4.99 Å². The van der Waals surface area contributed by atoms with Crippen LogP contribution in [0.25, 0.3) is 0 Å². The first-order valence-corrected chi connectivity index (χ1v) is 5.78. The van der Waals surface area contributed by atoms with Crippen LogP contribution in [0.2, 0.25) is 0 Å². The molecule has 0 fully saturated rings. The third-order valence-electron chi connectivity index (χ3n) is 2.79. The Labute approximate surface area is 117 Å². The van der Waals surface area contributed by atoms with Gasteiger partial charge in [0.05, 0.1) is 0 Å². The highest BCUT2D eigenvalue weighted by Gasteiger charge is 2.64. The number of halogens is 3. The van der Waals surface area contributed by atoms with Crippen molar-refractivity contribution in [3.63, 3.8) is 0 Å². The Morgan fingerprint density at radius 3 is 2.48 bits per heavy atom. The first-order valence-electron chi connectivity index (χ1n) is 5.78. The number of rotatable bonds is 3. The molecule has 1 aliphatic heterocycles. The van der Waals surface area contributed by atoms with Gasteiger partial charge in [0.1, 0.15) is 5.84 Å². The number of aliphatic imine (C=N–C) groups is 1. The second kappa shape index (κ2) is 5.04. The minimum Gasteiger partial charge on any atom is -0.313 e. The predicted molar refractivity (Wildman–Crippen MR) is 68.2 cm³/mol. The molecule has 2 N–H and O–H groups in total. The Morgan fingerprint density at radius 2 is 1.95 bits per heavy atom. The molecule has 8 heteroatoms. The summed E-state index contributed by atoms with van der Waals surface area (Å²) >= 11 is 0. The summed E-state index contributed by atoms with van der Waals surface area (Å²) in [5, 5.41) is 3.59. The summed E-state index contributed by atoms with van der Waals surface area (Å²) < 4.78 is 39.7. The van der Waals surface area contributed by atoms with Crippen molar-refractivity contribution < 1.29 is 22.8 Å². The van der Waals surface area contributed by atoms with Gasteiger partial charge in [-0.2, -0.15) is 13.2 Å². The van der Waals surface area contributed by atoms with E-state index < -0.39 is 23.7 Å². The van der Waals surface area contributed by atoms with Gasteiger partial charge in [0.25, 0.3) is 5.91 Å². The summed E-state index contributed by atoms with van der Waals surface area (Å²) in [5.74, 6) is -2.88. The summed E-state index contributed by atoms with van der Waals surface area (Å²) in [7, 11) is 0. The largest absolute Gasteiger partial charge is 0.442 e. The molecule has 5 nitrogen and oxygen atoms in total. The van der Waals surface area contributed by atoms with Crippen molar-refractivity contribution in [3.05, 3.63) is 48.6 Å². The van der Waals surface area contributed by atoms with E-state index in [1.165, 1.54) is 12.1 Å². The molecule has 0 saturated heterocycles. The predicted octanol–water partition coefficient (Wildman–Crippen LogP) is 1.12. The quantitative estimate of drug-likeness (QED) is 0.821. The average molecular weight is 297 g/mol. The molecule has 1 unspecified atom stereocenters. The number of alkyl halides is 3. The Hall–Kier alpha value is -2.64. The van der Waals surface area contributed by atoms with Gasteiger partial charge in [-0.1, -0.05) is 36.9 Å². The summed E-state index contributed by atoms with van der Waals surface area (Å²) in [6, 6.07) is 7.80. The van der Waals surface area contributed by atoms with E-state index in [0.29, 0.717) is 11.6 Å². The van der Waals surface area contributed by atoms with Crippen LogP contribution in [-0.2, 0) is 9.59 Å². The molecule has 1 aromatic rings. The normalized spacial score (nSPS) is 21.5. The van der Waals surface area contributed by atoms with Gasteiger partial charge in [0.15, 0.2) is 0 Å². The van der Waals surface area contributed by atoms with Crippen molar-refractivity contribution >= 4 is 17.6 Å². The van der Waals surface area contributed by atoms with Crippen molar-refractivity contribution in [2.45, 2.75) is 11.8 Å². The zero-order valence-electron chi connectivity index (χ0n) is 10.6. The van der Waals surface area contributed by atoms with E-state index in [4.69, 9.17) is 0 Å². The molecule has 1 atom stereocenters. The number of carbonyl (C=O) groups excluding carboxylic acids is 2. The van der Waals surface area contributed by atoms with Gasteiger partial charge in [-0.15, -0.1) is 0 Å². The molecule has 0 bridgehead atoms. The van der Waals surface area contributed by atoms with E-state index in [-0.39, 0.29) is 5.84 Å². The fourth-order valence-corrected chi connectivity index (χ4v) is 1.75. The fraction of sp³-hybridized carbons (Fsp3) is 0.154. The van der Waals surface area contributed by atoms with Crippen LogP contribution in [0.1, 0.15) is 5.56 Å². The lowest BCUT2D eigenvalue weighted by Crippen LogP contribution is -2.62. The summed E-state index contributed by atoms with van der Waals surface area (Å²) in [5.41, 5.74) is -3.05. The molecule has 2 rings (SSSR count). The molecular formula is C13H10F3N3O2. The molecule has 21 heavy (non-hydrogen) atoms. The van der Waals surface area contributed by atoms with Gasteiger partial charge in [0, 0.05) is 5.56 Å². The number of amides is 2. The van der Waals surface area contributed by atoms with E-state index in [1.807, 2.05) is 5.32 Å². The molecule has 0 aliphatic carbocycles. The lowest BCUT2D eigenvalue weighted by Gasteiger charge is -2.26. The van der Waals surface area contributed by atoms with Crippen molar-refractivity contribution in [2.75, 3.05) is 0 Å². The van der Waals surface area contributed by atoms with Gasteiger partial charge in [0.2, 0.25) is 5.91 Å². The maximum Gasteiger partial charge on any atom is 0.442 e. The van der Waals surface area contributed by atoms with Crippen molar-refractivity contribution in [3.8, 4) is 0 Å². The number of amidine groups is 1. The summed E-state index contributed by atoms with van der Waals surface area (Å²) in [6.07, 6.45) is -4.46. The molecule has 0 aromatic heterocycles. The van der Waals surface area contributed by atoms with Gasteiger partial charge < -0.3 is 10.6 Å². The zero-order valence-corrected chi connectivity index (χ0v) is 10.6. The van der Waals surface area contributed by atoms with Crippen molar-refractivity contribution in [1.82, 2.24) is 10.6 Å². The summed E-state index contributed by atoms with van der Waals surface area (Å²) in [4.78, 5) is 26.4. The van der Waals surface area contributed by atoms with Crippen LogP contribution in [0.4, 0.5) is 13.2 Å². The van der Waals surface area contributed by atoms with Crippen LogP contribution in [0, 0.1) is 0 Å². The molecule has 110 valence electrons. The Bertz CT molecular complexity index is 625. The zero-order chi connectivity index (χ0) is 15.7. The standard InChI is InChI=1S/C13H10F3N3O2/c1-2-9(20)18-12(13(14,15)16)11(21)17-10(19-12)8-6-4-3-5-7-8/h2-7H,1H2,(H,18,20)(H,17,19,21). The van der Waals surface area contributed by atoms with Crippen LogP contribution in [0.15, 0.2) is 48.0 Å². The number of hydrogen-bond acceptors (Lipinski definition) is 3. The maximum absolute atomic E-state index is 13.2. The van der Waals surface area contributed by atoms with Crippen LogP contribution in [0.5, 0.6) is 0 Å². The first kappa shape index (κ1) is 14.8. The highest BCUT2D eigenvalue weighted by atomic mass is 19.4. The molecule has 0 radical (unpaired) electrons. The SMILES string of the molecule is C=CC(=O)NC1(C(F)(F)F)N=C(c2ccccc2)NC1=O. The molecule has 1 aromatic carbocycles. The van der Waals surface area contributed by atoms with Crippen LogP contribution in [-0.4, -0.2) is 29.5 Å². The third-order valence-corrected chi connectivity index (χ3v) is 2.79. The molecule has 0 saturated carbocycles. The Balaban J connectivity index is 2.50. The highest BCUT2D eigenvalue weighted by molar-refractivity contribution is 6.16. The minimum absolute atomic E-state index is 0.262. The number of carbonyl (C=O) groups is 2. The second-order valence-corrected chi connectivity index (χ2v) is 4.18. The van der Waals surface area contributed by atoms with Gasteiger partial charge in [-0.05, 0) is 6.08 Å². The van der Waals surface area contributed by atoms with E-state index in [0.717, 1.165) is 0 Å². The topological polar surface area (TPSA) is 70.6 Å². The smallest absolute Gasteiger partial charge is 0.313 e. The van der Waals surface area contributed by atoms with Gasteiger partial charge in [-0.3, -0.25) is 9.59 Å². The van der Waals surface area contributed by atoms with E-state index in [1.54, 1.807) is 23.5 Å². The van der Waals surface area contributed by atoms with Crippen LogP contribution in [0.3, 0.4) is 0 Å². The Kier molecular flexibility index (Phi) is 3.54. The van der Waals surface area contributed by atoms with Gasteiger partial charge in [-0.25, -0.2) is 4.99 Å². The minimum atomic E-state index is -5.09. The monoisotopic (exact) mass is 297 g/mol. The number of benzene rings is 1. The molecule has 1 heterocycles. The van der Waals surface area contributed by atoms with E-state index in [2.05, 4.69) is 11.6 Å². The molecule has 0 spiro atoms. The molecule has 1 aliphatic rings. The first-order chi connectivity index (χ1) is 9.80. The number of hydrogen-bond donors (Lipinski definition) is 2. The van der Waals surface area contributed by atoms with Crippen molar-refractivity contribution in [1.29, 1.82) is 0 Å². The lowest BCUT2D eigenvalue weighted by molar-refractivity contribution is -0.196. The number of nitrogens with zero attached hydrogens (tertiary/aromatic N) is 1. The second-order valence-electron chi connectivity index (χ2n) is 4.18. The van der Waals surface area contributed by atoms with Gasteiger partial charge >= 0.3 is 11.8 Å². The third kappa shape index (κ3) is 2.51. The maximum atomic E-state index is 13.2. The molecular weight excluding hydrogens is 287 g/mol. The lowest BCUT2D eigenvalue weighted by atomic mass is 10.1. The van der Waals surface area contributed by atoms with Crippen LogP contribution < -0.4 is 10.6 Å². The van der Waals surface area contributed by atoms with E-state index >= 15 is 0 Å². The number of nitrogens with one attached hydrogen (secondary N) is 2. The Morgan fingerprint density at radius 1 is 1.33 bits per heavy atom. The highest BCUT2D eigenvalue weighted by Crippen LogP contribution is 2.35. The fourth-order valence-electron chi connectivity index (χ4n) is 1.75. The van der Waals surface area contributed by atoms with Crippen LogP contribution >= 0.6 is 0 Å². The average Bonchev–Trinajstić information content (AvgIpc) is 2.78.